The van der Waals surface area contributed by atoms with E-state index in [1.807, 2.05) is 42.5 Å². The lowest BCUT2D eigenvalue weighted by Crippen LogP contribution is -2.32. The Morgan fingerprint density at radius 1 is 1.14 bits per heavy atom. The van der Waals surface area contributed by atoms with Gasteiger partial charge < -0.3 is 10.1 Å². The molecule has 0 saturated carbocycles. The summed E-state index contributed by atoms with van der Waals surface area (Å²) in [5, 5.41) is 8.07. The zero-order valence-corrected chi connectivity index (χ0v) is 15.4. The maximum atomic E-state index is 12.8. The molecule has 2 aromatic heterocycles. The quantitative estimate of drug-likeness (QED) is 0.758. The topological polar surface area (TPSA) is 81.9 Å². The number of fused-ring (bicyclic) bond motifs is 1. The molecule has 7 nitrogen and oxygen atoms in total. The SMILES string of the molecule is COc1ccc(-c2nc3n(n2)C(c2ccccn2)C2=C(CCCC2=O)N3)cc1. The number of pyridine rings is 1. The number of anilines is 1. The average molecular weight is 373 g/mol. The monoisotopic (exact) mass is 373 g/mol. The van der Waals surface area contributed by atoms with Gasteiger partial charge in [0.25, 0.3) is 0 Å². The van der Waals surface area contributed by atoms with E-state index in [0.29, 0.717) is 18.2 Å². The number of rotatable bonds is 3. The molecule has 3 heterocycles. The fraction of sp³-hybridized carbons (Fsp3) is 0.238. The standard InChI is InChI=1S/C21H19N5O2/c1-28-14-10-8-13(9-11-14)20-24-21-23-15-6-4-7-17(27)18(15)19(26(21)25-20)16-5-2-3-12-22-16/h2-3,5,8-12,19H,4,6-7H2,1H3,(H,23,24,25). The molecular formula is C21H19N5O2. The molecule has 1 aliphatic heterocycles. The van der Waals surface area contributed by atoms with Crippen molar-refractivity contribution in [1.82, 2.24) is 19.7 Å². The van der Waals surface area contributed by atoms with Gasteiger partial charge in [0, 0.05) is 29.5 Å². The van der Waals surface area contributed by atoms with Gasteiger partial charge in [-0.05, 0) is 49.2 Å². The molecule has 1 unspecified atom stereocenters. The third kappa shape index (κ3) is 2.67. The number of methoxy groups -OCH3 is 1. The second kappa shape index (κ2) is 6.60. The van der Waals surface area contributed by atoms with E-state index < -0.39 is 0 Å². The zero-order chi connectivity index (χ0) is 19.1. The van der Waals surface area contributed by atoms with E-state index >= 15 is 0 Å². The van der Waals surface area contributed by atoms with Gasteiger partial charge in [0.2, 0.25) is 5.95 Å². The number of Topliss-reactive ketones (excluding diaryl/α,β-unsaturated/α-hetero) is 1. The predicted octanol–water partition coefficient (Wildman–Crippen LogP) is 3.37. The Morgan fingerprint density at radius 2 is 2.00 bits per heavy atom. The summed E-state index contributed by atoms with van der Waals surface area (Å²) in [6, 6.07) is 13.0. The summed E-state index contributed by atoms with van der Waals surface area (Å²) in [6.45, 7) is 0. The molecule has 0 amide bonds. The van der Waals surface area contributed by atoms with Crippen molar-refractivity contribution in [3.8, 4) is 17.1 Å². The van der Waals surface area contributed by atoms with Gasteiger partial charge >= 0.3 is 0 Å². The van der Waals surface area contributed by atoms with Crippen LogP contribution in [-0.4, -0.2) is 32.6 Å². The van der Waals surface area contributed by atoms with Gasteiger partial charge in [-0.2, -0.15) is 4.98 Å². The fourth-order valence-electron chi connectivity index (χ4n) is 3.83. The third-order valence-electron chi connectivity index (χ3n) is 5.18. The van der Waals surface area contributed by atoms with Crippen molar-refractivity contribution in [1.29, 1.82) is 0 Å². The van der Waals surface area contributed by atoms with E-state index in [9.17, 15) is 4.79 Å². The van der Waals surface area contributed by atoms with Crippen molar-refractivity contribution in [3.63, 3.8) is 0 Å². The summed E-state index contributed by atoms with van der Waals surface area (Å²) < 4.78 is 7.01. The summed E-state index contributed by atoms with van der Waals surface area (Å²) >= 11 is 0. The average Bonchev–Trinajstić information content (AvgIpc) is 3.17. The van der Waals surface area contributed by atoms with E-state index in [2.05, 4.69) is 10.3 Å². The van der Waals surface area contributed by atoms with E-state index in [4.69, 9.17) is 14.8 Å². The van der Waals surface area contributed by atoms with Gasteiger partial charge in [0.05, 0.1) is 12.8 Å². The van der Waals surface area contributed by atoms with Crippen LogP contribution in [0.1, 0.15) is 31.0 Å². The first kappa shape index (κ1) is 16.7. The number of ether oxygens (including phenoxy) is 1. The maximum absolute atomic E-state index is 12.8. The Kier molecular flexibility index (Phi) is 3.93. The minimum atomic E-state index is -0.361. The lowest BCUT2D eigenvalue weighted by atomic mass is 9.87. The fourth-order valence-corrected chi connectivity index (χ4v) is 3.83. The zero-order valence-electron chi connectivity index (χ0n) is 15.4. The summed E-state index contributed by atoms with van der Waals surface area (Å²) in [6.07, 6.45) is 3.97. The second-order valence-corrected chi connectivity index (χ2v) is 6.88. The minimum absolute atomic E-state index is 0.150. The lowest BCUT2D eigenvalue weighted by Gasteiger charge is -2.31. The van der Waals surface area contributed by atoms with Crippen LogP contribution in [0.15, 0.2) is 59.9 Å². The molecule has 0 spiro atoms. The van der Waals surface area contributed by atoms with Crippen molar-refractivity contribution in [2.24, 2.45) is 0 Å². The van der Waals surface area contributed by atoms with E-state index in [-0.39, 0.29) is 11.8 Å². The van der Waals surface area contributed by atoms with Crippen molar-refractivity contribution >= 4 is 11.7 Å². The van der Waals surface area contributed by atoms with E-state index in [1.165, 1.54) is 0 Å². The van der Waals surface area contributed by atoms with Crippen LogP contribution in [0, 0.1) is 0 Å². The van der Waals surface area contributed by atoms with Crippen molar-refractivity contribution in [2.75, 3.05) is 12.4 Å². The van der Waals surface area contributed by atoms with Crippen LogP contribution in [-0.2, 0) is 4.79 Å². The number of nitrogens with one attached hydrogen (secondary N) is 1. The van der Waals surface area contributed by atoms with Crippen LogP contribution in [0.3, 0.4) is 0 Å². The Balaban J connectivity index is 1.63. The molecule has 0 fully saturated rings. The molecule has 140 valence electrons. The first-order valence-corrected chi connectivity index (χ1v) is 9.30. The smallest absolute Gasteiger partial charge is 0.226 e. The molecule has 1 aliphatic carbocycles. The number of hydrogen-bond donors (Lipinski definition) is 1. The van der Waals surface area contributed by atoms with Gasteiger partial charge in [-0.15, -0.1) is 5.10 Å². The van der Waals surface area contributed by atoms with Gasteiger partial charge in [-0.1, -0.05) is 6.07 Å². The number of allylic oxidation sites excluding steroid dienone is 2. The van der Waals surface area contributed by atoms with Gasteiger partial charge in [0.1, 0.15) is 11.8 Å². The predicted molar refractivity (Wildman–Crippen MR) is 104 cm³/mol. The number of nitrogens with zero attached hydrogens (tertiary/aromatic N) is 4. The summed E-state index contributed by atoms with van der Waals surface area (Å²) in [7, 11) is 1.64. The molecule has 3 aromatic rings. The van der Waals surface area contributed by atoms with Gasteiger partial charge in [-0.25, -0.2) is 4.68 Å². The van der Waals surface area contributed by atoms with Gasteiger partial charge in [-0.3, -0.25) is 9.78 Å². The van der Waals surface area contributed by atoms with Crippen molar-refractivity contribution in [3.05, 3.63) is 65.6 Å². The lowest BCUT2D eigenvalue weighted by molar-refractivity contribution is -0.116. The molecule has 1 N–H and O–H groups in total. The number of benzene rings is 1. The Bertz CT molecular complexity index is 1070. The summed E-state index contributed by atoms with van der Waals surface area (Å²) in [5.41, 5.74) is 3.37. The molecule has 0 bridgehead atoms. The van der Waals surface area contributed by atoms with Gasteiger partial charge in [0.15, 0.2) is 11.6 Å². The Hall–Kier alpha value is -3.48. The first-order valence-electron chi connectivity index (χ1n) is 9.30. The maximum Gasteiger partial charge on any atom is 0.226 e. The van der Waals surface area contributed by atoms with E-state index in [1.54, 1.807) is 18.0 Å². The van der Waals surface area contributed by atoms with Crippen LogP contribution in [0.25, 0.3) is 11.4 Å². The van der Waals surface area contributed by atoms with Crippen molar-refractivity contribution < 1.29 is 9.53 Å². The number of ketones is 1. The molecule has 2 aliphatic rings. The number of hydrogen-bond acceptors (Lipinski definition) is 6. The molecule has 0 radical (unpaired) electrons. The van der Waals surface area contributed by atoms with Crippen LogP contribution < -0.4 is 10.1 Å². The van der Waals surface area contributed by atoms with Crippen LogP contribution >= 0.6 is 0 Å². The number of carbonyl (C=O) groups excluding carboxylic acids is 1. The molecule has 28 heavy (non-hydrogen) atoms. The highest BCUT2D eigenvalue weighted by Gasteiger charge is 2.37. The third-order valence-corrected chi connectivity index (χ3v) is 5.18. The molecule has 1 aromatic carbocycles. The molecule has 1 atom stereocenters. The Morgan fingerprint density at radius 3 is 2.75 bits per heavy atom. The second-order valence-electron chi connectivity index (χ2n) is 6.88. The van der Waals surface area contributed by atoms with Crippen LogP contribution in [0.2, 0.25) is 0 Å². The molecule has 0 saturated heterocycles. The minimum Gasteiger partial charge on any atom is -0.497 e. The highest BCUT2D eigenvalue weighted by molar-refractivity contribution is 5.99. The number of aromatic nitrogens is 4. The number of carbonyl (C=O) groups is 1. The molecular weight excluding hydrogens is 354 g/mol. The summed E-state index contributed by atoms with van der Waals surface area (Å²) in [4.78, 5) is 22.0. The van der Waals surface area contributed by atoms with E-state index in [0.717, 1.165) is 41.1 Å². The highest BCUT2D eigenvalue weighted by atomic mass is 16.5. The Labute approximate surface area is 162 Å². The van der Waals surface area contributed by atoms with Crippen LogP contribution in [0.4, 0.5) is 5.95 Å². The molecule has 7 heteroatoms. The summed E-state index contributed by atoms with van der Waals surface area (Å²) in [5.74, 6) is 2.16. The highest BCUT2D eigenvalue weighted by Crippen LogP contribution is 2.40. The molecule has 5 rings (SSSR count). The van der Waals surface area contributed by atoms with Crippen molar-refractivity contribution in [2.45, 2.75) is 25.3 Å². The normalized spacial score (nSPS) is 18.3. The van der Waals surface area contributed by atoms with Crippen LogP contribution in [0.5, 0.6) is 5.75 Å². The first-order chi connectivity index (χ1) is 13.7. The largest absolute Gasteiger partial charge is 0.497 e.